The number of benzene rings is 2. The molecule has 0 aliphatic carbocycles. The van der Waals surface area contributed by atoms with Crippen LogP contribution in [-0.4, -0.2) is 51.2 Å². The molecule has 5 rings (SSSR count). The average Bonchev–Trinajstić information content (AvgIpc) is 3.44. The molecule has 2 aromatic carbocycles. The lowest BCUT2D eigenvalue weighted by atomic mass is 9.89. The molecule has 0 spiro atoms. The fourth-order valence-corrected chi connectivity index (χ4v) is 4.12. The molecule has 0 radical (unpaired) electrons. The number of aromatic amines is 1. The van der Waals surface area contributed by atoms with Crippen molar-refractivity contribution in [2.75, 3.05) is 13.7 Å². The van der Waals surface area contributed by atoms with Crippen LogP contribution in [0, 0.1) is 0 Å². The van der Waals surface area contributed by atoms with Gasteiger partial charge in [-0.3, -0.25) is 14.9 Å². The van der Waals surface area contributed by atoms with Gasteiger partial charge in [0.05, 0.1) is 19.3 Å². The van der Waals surface area contributed by atoms with Crippen LogP contribution in [0.4, 0.5) is 4.79 Å². The quantitative estimate of drug-likeness (QED) is 0.493. The summed E-state index contributed by atoms with van der Waals surface area (Å²) in [7, 11) is 1.52. The van der Waals surface area contributed by atoms with E-state index in [1.807, 2.05) is 6.07 Å². The van der Waals surface area contributed by atoms with Gasteiger partial charge in [0.1, 0.15) is 12.1 Å². The zero-order valence-electron chi connectivity index (χ0n) is 16.9. The monoisotopic (exact) mass is 434 g/mol. The fourth-order valence-electron chi connectivity index (χ4n) is 4.12. The minimum Gasteiger partial charge on any atom is -0.497 e. The Morgan fingerprint density at radius 3 is 2.50 bits per heavy atom. The summed E-state index contributed by atoms with van der Waals surface area (Å²) in [5.41, 5.74) is 0.435. The van der Waals surface area contributed by atoms with Crippen molar-refractivity contribution in [2.24, 2.45) is 0 Å². The molecule has 2 aliphatic rings. The largest absolute Gasteiger partial charge is 0.497 e. The second-order valence-corrected chi connectivity index (χ2v) is 7.58. The number of aromatic nitrogens is 3. The molecule has 1 saturated heterocycles. The number of carbonyl (C=O) groups excluding carboxylic acids is 3. The standard InChI is InChI=1S/C21H18N6O5/c1-32-15-7-2-12-9-26(17(28)16(12)8-15)10-21(18(29)23-19(30)24-21)13-3-5-14(6-4-13)27-11-22-25-20(27)31/h2-8,11H,9-10H2,1H3,(H,25,31)(H2,23,24,29,30)/t21-/m0/s1. The third kappa shape index (κ3) is 2.94. The number of fused-ring (bicyclic) bond motifs is 1. The average molecular weight is 434 g/mol. The number of methoxy groups -OCH3 is 1. The lowest BCUT2D eigenvalue weighted by Crippen LogP contribution is -2.52. The molecular formula is C21H18N6O5. The van der Waals surface area contributed by atoms with E-state index in [0.717, 1.165) is 5.56 Å². The molecule has 4 amide bonds. The van der Waals surface area contributed by atoms with Crippen LogP contribution in [-0.2, 0) is 16.9 Å². The Hall–Kier alpha value is -4.41. The molecule has 0 unspecified atom stereocenters. The summed E-state index contributed by atoms with van der Waals surface area (Å²) in [5, 5.41) is 11.0. The molecule has 0 bridgehead atoms. The number of urea groups is 1. The zero-order valence-corrected chi connectivity index (χ0v) is 16.9. The first-order valence-electron chi connectivity index (χ1n) is 9.74. The molecule has 3 aromatic rings. The summed E-state index contributed by atoms with van der Waals surface area (Å²) in [4.78, 5) is 51.4. The van der Waals surface area contributed by atoms with Gasteiger partial charge in [0.2, 0.25) is 0 Å². The van der Waals surface area contributed by atoms with Gasteiger partial charge in [0.15, 0.2) is 5.54 Å². The van der Waals surface area contributed by atoms with Gasteiger partial charge in [0, 0.05) is 12.1 Å². The Labute approximate surface area is 181 Å². The molecule has 162 valence electrons. The van der Waals surface area contributed by atoms with E-state index in [9.17, 15) is 19.2 Å². The third-order valence-corrected chi connectivity index (χ3v) is 5.76. The number of carbonyl (C=O) groups is 3. The van der Waals surface area contributed by atoms with Gasteiger partial charge >= 0.3 is 11.7 Å². The molecule has 11 heteroatoms. The zero-order chi connectivity index (χ0) is 22.5. The van der Waals surface area contributed by atoms with E-state index < -0.39 is 23.2 Å². The lowest BCUT2D eigenvalue weighted by molar-refractivity contribution is -0.124. The summed E-state index contributed by atoms with van der Waals surface area (Å²) in [6.45, 7) is 0.233. The van der Waals surface area contributed by atoms with E-state index in [1.165, 1.54) is 22.9 Å². The number of nitrogens with one attached hydrogen (secondary N) is 3. The number of imide groups is 1. The Bertz CT molecular complexity index is 1310. The minimum absolute atomic E-state index is 0.0641. The molecule has 1 atom stereocenters. The van der Waals surface area contributed by atoms with Gasteiger partial charge < -0.3 is 15.0 Å². The van der Waals surface area contributed by atoms with E-state index in [-0.39, 0.29) is 12.5 Å². The number of rotatable bonds is 5. The molecule has 3 N–H and O–H groups in total. The van der Waals surface area contributed by atoms with Crippen molar-refractivity contribution in [1.82, 2.24) is 30.3 Å². The van der Waals surface area contributed by atoms with Crippen LogP contribution in [0.2, 0.25) is 0 Å². The van der Waals surface area contributed by atoms with Gasteiger partial charge in [-0.1, -0.05) is 18.2 Å². The maximum absolute atomic E-state index is 13.0. The Balaban J connectivity index is 1.49. The first kappa shape index (κ1) is 19.5. The molecule has 1 aromatic heterocycles. The summed E-state index contributed by atoms with van der Waals surface area (Å²) in [6.07, 6.45) is 1.34. The van der Waals surface area contributed by atoms with Crippen molar-refractivity contribution in [3.05, 3.63) is 76.0 Å². The van der Waals surface area contributed by atoms with Crippen LogP contribution >= 0.6 is 0 Å². The summed E-state index contributed by atoms with van der Waals surface area (Å²) in [5.74, 6) is -0.253. The first-order valence-corrected chi connectivity index (χ1v) is 9.74. The van der Waals surface area contributed by atoms with Crippen LogP contribution in [0.3, 0.4) is 0 Å². The van der Waals surface area contributed by atoms with Crippen molar-refractivity contribution >= 4 is 17.8 Å². The lowest BCUT2D eigenvalue weighted by Gasteiger charge is -2.31. The van der Waals surface area contributed by atoms with Gasteiger partial charge in [-0.25, -0.2) is 19.3 Å². The maximum Gasteiger partial charge on any atom is 0.347 e. The van der Waals surface area contributed by atoms with Gasteiger partial charge in [-0.05, 0) is 35.4 Å². The molecule has 2 aliphatic heterocycles. The Morgan fingerprint density at radius 2 is 1.88 bits per heavy atom. The molecular weight excluding hydrogens is 416 g/mol. The number of amides is 4. The minimum atomic E-state index is -1.47. The van der Waals surface area contributed by atoms with Crippen LogP contribution < -0.4 is 21.1 Å². The highest BCUT2D eigenvalue weighted by Gasteiger charge is 2.50. The predicted octanol–water partition coefficient (Wildman–Crippen LogP) is 0.260. The van der Waals surface area contributed by atoms with Crippen LogP contribution in [0.25, 0.3) is 5.69 Å². The van der Waals surface area contributed by atoms with Gasteiger partial charge in [-0.15, -0.1) is 0 Å². The van der Waals surface area contributed by atoms with Crippen molar-refractivity contribution in [1.29, 1.82) is 0 Å². The van der Waals surface area contributed by atoms with Crippen LogP contribution in [0.1, 0.15) is 21.5 Å². The number of nitrogens with zero attached hydrogens (tertiary/aromatic N) is 3. The van der Waals surface area contributed by atoms with E-state index in [4.69, 9.17) is 4.74 Å². The molecule has 0 saturated carbocycles. The van der Waals surface area contributed by atoms with Crippen molar-refractivity contribution in [2.45, 2.75) is 12.1 Å². The summed E-state index contributed by atoms with van der Waals surface area (Å²) in [6, 6.07) is 11.1. The van der Waals surface area contributed by atoms with Crippen molar-refractivity contribution in [3.63, 3.8) is 0 Å². The normalized spacial score (nSPS) is 19.7. The highest BCUT2D eigenvalue weighted by Crippen LogP contribution is 2.32. The number of hydrogen-bond acceptors (Lipinski definition) is 6. The molecule has 11 nitrogen and oxygen atoms in total. The van der Waals surface area contributed by atoms with Gasteiger partial charge in [0.25, 0.3) is 11.8 Å². The second-order valence-electron chi connectivity index (χ2n) is 7.58. The fraction of sp³-hybridized carbons (Fsp3) is 0.190. The number of ether oxygens (including phenoxy) is 1. The summed E-state index contributed by atoms with van der Waals surface area (Å²) < 4.78 is 6.51. The molecule has 1 fully saturated rings. The maximum atomic E-state index is 13.0. The highest BCUT2D eigenvalue weighted by atomic mass is 16.5. The van der Waals surface area contributed by atoms with Crippen molar-refractivity contribution < 1.29 is 19.1 Å². The Morgan fingerprint density at radius 1 is 1.09 bits per heavy atom. The highest BCUT2D eigenvalue weighted by molar-refractivity contribution is 6.08. The molecule has 32 heavy (non-hydrogen) atoms. The van der Waals surface area contributed by atoms with Crippen LogP contribution in [0.15, 0.2) is 53.6 Å². The number of hydrogen-bond donors (Lipinski definition) is 3. The van der Waals surface area contributed by atoms with Crippen LogP contribution in [0.5, 0.6) is 5.75 Å². The van der Waals surface area contributed by atoms with E-state index in [0.29, 0.717) is 29.1 Å². The Kier molecular flexibility index (Phi) is 4.33. The smallest absolute Gasteiger partial charge is 0.347 e. The topological polar surface area (TPSA) is 138 Å². The SMILES string of the molecule is COc1ccc2c(c1)C(=O)N(C[C@@]1(c3ccc(-n4cn[nH]c4=O)cc3)NC(=O)NC1=O)C2. The van der Waals surface area contributed by atoms with E-state index >= 15 is 0 Å². The van der Waals surface area contributed by atoms with E-state index in [2.05, 4.69) is 20.8 Å². The van der Waals surface area contributed by atoms with E-state index in [1.54, 1.807) is 36.4 Å². The van der Waals surface area contributed by atoms with Crippen molar-refractivity contribution in [3.8, 4) is 11.4 Å². The third-order valence-electron chi connectivity index (χ3n) is 5.76. The van der Waals surface area contributed by atoms with Gasteiger partial charge in [-0.2, -0.15) is 5.10 Å². The number of H-pyrrole nitrogens is 1. The second kappa shape index (κ2) is 7.08. The first-order chi connectivity index (χ1) is 15.4. The summed E-state index contributed by atoms with van der Waals surface area (Å²) >= 11 is 0. The predicted molar refractivity (Wildman–Crippen MR) is 110 cm³/mol. The molecule has 3 heterocycles.